The van der Waals surface area contributed by atoms with E-state index in [9.17, 15) is 0 Å². The van der Waals surface area contributed by atoms with Crippen LogP contribution >= 0.6 is 0 Å². The maximum absolute atomic E-state index is 5.60. The van der Waals surface area contributed by atoms with Crippen molar-refractivity contribution in [1.82, 2.24) is 9.97 Å². The van der Waals surface area contributed by atoms with Gasteiger partial charge in [-0.3, -0.25) is 4.98 Å². The van der Waals surface area contributed by atoms with Gasteiger partial charge in [0.25, 0.3) is 0 Å². The Morgan fingerprint density at radius 1 is 1.05 bits per heavy atom. The average molecular weight is 274 g/mol. The Balaban J connectivity index is 1.97. The Kier molecular flexibility index (Phi) is 3.79. The summed E-state index contributed by atoms with van der Waals surface area (Å²) in [6.45, 7) is 2.61. The molecule has 3 aromatic rings. The van der Waals surface area contributed by atoms with Crippen molar-refractivity contribution in [3.8, 4) is 17.6 Å². The minimum Gasteiger partial charge on any atom is -0.493 e. The number of benzene rings is 1. The maximum atomic E-state index is 5.60. The quantitative estimate of drug-likeness (QED) is 0.672. The van der Waals surface area contributed by atoms with E-state index >= 15 is 0 Å². The first kappa shape index (κ1) is 13.1. The van der Waals surface area contributed by atoms with E-state index in [2.05, 4.69) is 21.8 Å². The molecule has 0 amide bonds. The molecule has 0 aliphatic heterocycles. The van der Waals surface area contributed by atoms with Gasteiger partial charge in [-0.1, -0.05) is 12.0 Å². The second kappa shape index (κ2) is 6.06. The molecule has 0 saturated carbocycles. The van der Waals surface area contributed by atoms with Crippen LogP contribution in [0.1, 0.15) is 18.2 Å². The van der Waals surface area contributed by atoms with Crippen molar-refractivity contribution >= 4 is 10.9 Å². The summed E-state index contributed by atoms with van der Waals surface area (Å²) in [5.74, 6) is 6.98. The number of pyridine rings is 2. The number of ether oxygens (including phenoxy) is 1. The third-order valence-corrected chi connectivity index (χ3v) is 2.99. The molecule has 0 spiro atoms. The molecule has 102 valence electrons. The normalized spacial score (nSPS) is 9.95. The molecule has 2 heterocycles. The molecule has 0 aliphatic rings. The lowest BCUT2D eigenvalue weighted by Crippen LogP contribution is -1.93. The van der Waals surface area contributed by atoms with Crippen molar-refractivity contribution < 1.29 is 4.74 Å². The fraction of sp³-hybridized carbons (Fsp3) is 0.111. The highest BCUT2D eigenvalue weighted by molar-refractivity contribution is 5.85. The SMILES string of the molecule is CCOc1cccc2nc(C#Cc3cccnc3)ccc12. The Labute approximate surface area is 123 Å². The lowest BCUT2D eigenvalue weighted by atomic mass is 10.2. The van der Waals surface area contributed by atoms with E-state index in [-0.39, 0.29) is 0 Å². The van der Waals surface area contributed by atoms with Crippen molar-refractivity contribution in [2.75, 3.05) is 6.61 Å². The van der Waals surface area contributed by atoms with Gasteiger partial charge in [-0.2, -0.15) is 0 Å². The van der Waals surface area contributed by atoms with Crippen LogP contribution in [0.3, 0.4) is 0 Å². The van der Waals surface area contributed by atoms with E-state index in [0.717, 1.165) is 27.9 Å². The first-order valence-electron chi connectivity index (χ1n) is 6.81. The van der Waals surface area contributed by atoms with E-state index in [1.54, 1.807) is 12.4 Å². The zero-order valence-electron chi connectivity index (χ0n) is 11.7. The predicted octanol–water partition coefficient (Wildman–Crippen LogP) is 3.43. The molecule has 0 aliphatic carbocycles. The molecule has 0 atom stereocenters. The van der Waals surface area contributed by atoms with Crippen molar-refractivity contribution in [3.63, 3.8) is 0 Å². The highest BCUT2D eigenvalue weighted by Gasteiger charge is 2.02. The van der Waals surface area contributed by atoms with Crippen LogP contribution in [-0.4, -0.2) is 16.6 Å². The van der Waals surface area contributed by atoms with Gasteiger partial charge in [-0.15, -0.1) is 0 Å². The van der Waals surface area contributed by atoms with Crippen molar-refractivity contribution in [1.29, 1.82) is 0 Å². The summed E-state index contributed by atoms with van der Waals surface area (Å²) in [6, 6.07) is 13.6. The molecule has 2 aromatic heterocycles. The van der Waals surface area contributed by atoms with Crippen LogP contribution in [0, 0.1) is 11.8 Å². The van der Waals surface area contributed by atoms with Crippen molar-refractivity contribution in [2.45, 2.75) is 6.92 Å². The molecule has 3 heteroatoms. The smallest absolute Gasteiger partial charge is 0.128 e. The minimum absolute atomic E-state index is 0.641. The van der Waals surface area contributed by atoms with Crippen LogP contribution in [0.15, 0.2) is 54.9 Å². The number of hydrogen-bond donors (Lipinski definition) is 0. The van der Waals surface area contributed by atoms with Crippen molar-refractivity contribution in [2.24, 2.45) is 0 Å². The third kappa shape index (κ3) is 3.01. The van der Waals surface area contributed by atoms with Gasteiger partial charge < -0.3 is 4.74 Å². The Morgan fingerprint density at radius 3 is 2.81 bits per heavy atom. The van der Waals surface area contributed by atoms with E-state index < -0.39 is 0 Å². The van der Waals surface area contributed by atoms with Crippen molar-refractivity contribution in [3.05, 3.63) is 66.1 Å². The van der Waals surface area contributed by atoms with Gasteiger partial charge in [-0.05, 0) is 49.2 Å². The summed E-state index contributed by atoms with van der Waals surface area (Å²) < 4.78 is 5.60. The van der Waals surface area contributed by atoms with E-state index in [0.29, 0.717) is 6.61 Å². The number of fused-ring (bicyclic) bond motifs is 1. The molecule has 0 fully saturated rings. The summed E-state index contributed by atoms with van der Waals surface area (Å²) >= 11 is 0. The monoisotopic (exact) mass is 274 g/mol. The van der Waals surface area contributed by atoms with Gasteiger partial charge in [0.05, 0.1) is 12.1 Å². The number of aromatic nitrogens is 2. The molecule has 0 bridgehead atoms. The lowest BCUT2D eigenvalue weighted by molar-refractivity contribution is 0.344. The van der Waals surface area contributed by atoms with Crippen LogP contribution in [0.25, 0.3) is 10.9 Å². The lowest BCUT2D eigenvalue weighted by Gasteiger charge is -2.06. The summed E-state index contributed by atoms with van der Waals surface area (Å²) in [4.78, 5) is 8.60. The fourth-order valence-electron chi connectivity index (χ4n) is 2.05. The number of nitrogens with zero attached hydrogens (tertiary/aromatic N) is 2. The van der Waals surface area contributed by atoms with Crippen LogP contribution in [0.4, 0.5) is 0 Å². The van der Waals surface area contributed by atoms with Gasteiger partial charge in [-0.25, -0.2) is 4.98 Å². The molecule has 1 aromatic carbocycles. The zero-order chi connectivity index (χ0) is 14.5. The highest BCUT2D eigenvalue weighted by atomic mass is 16.5. The first-order chi connectivity index (χ1) is 10.4. The Morgan fingerprint density at radius 2 is 2.00 bits per heavy atom. The molecule has 21 heavy (non-hydrogen) atoms. The van der Waals surface area contributed by atoms with Gasteiger partial charge in [0.15, 0.2) is 0 Å². The number of rotatable bonds is 2. The van der Waals surface area contributed by atoms with E-state index in [1.807, 2.05) is 49.4 Å². The predicted molar refractivity (Wildman–Crippen MR) is 83.1 cm³/mol. The molecule has 3 nitrogen and oxygen atoms in total. The van der Waals surface area contributed by atoms with Crippen LogP contribution in [-0.2, 0) is 0 Å². The van der Waals surface area contributed by atoms with Gasteiger partial charge >= 0.3 is 0 Å². The van der Waals surface area contributed by atoms with Gasteiger partial charge in [0.1, 0.15) is 11.4 Å². The summed E-state index contributed by atoms with van der Waals surface area (Å²) in [5.41, 5.74) is 2.50. The molecule has 0 radical (unpaired) electrons. The fourth-order valence-corrected chi connectivity index (χ4v) is 2.05. The largest absolute Gasteiger partial charge is 0.493 e. The van der Waals surface area contributed by atoms with Gasteiger partial charge in [0, 0.05) is 23.3 Å². The van der Waals surface area contributed by atoms with E-state index in [1.165, 1.54) is 0 Å². The second-order valence-electron chi connectivity index (χ2n) is 4.44. The maximum Gasteiger partial charge on any atom is 0.128 e. The van der Waals surface area contributed by atoms with Gasteiger partial charge in [0.2, 0.25) is 0 Å². The second-order valence-corrected chi connectivity index (χ2v) is 4.44. The molecular weight excluding hydrogens is 260 g/mol. The summed E-state index contributed by atoms with van der Waals surface area (Å²) in [7, 11) is 0. The van der Waals surface area contributed by atoms with Crippen LogP contribution in [0.2, 0.25) is 0 Å². The van der Waals surface area contributed by atoms with E-state index in [4.69, 9.17) is 4.74 Å². The summed E-state index contributed by atoms with van der Waals surface area (Å²) in [5, 5.41) is 1.01. The standard InChI is InChI=1S/C18H14N2O/c1-2-21-18-7-3-6-17-16(18)11-10-15(20-17)9-8-14-5-4-12-19-13-14/h3-7,10-13H,2H2,1H3. The van der Waals surface area contributed by atoms with Crippen LogP contribution in [0.5, 0.6) is 5.75 Å². The number of hydrogen-bond acceptors (Lipinski definition) is 3. The average Bonchev–Trinajstić information content (AvgIpc) is 2.54. The Bertz CT molecular complexity index is 817. The summed E-state index contributed by atoms with van der Waals surface area (Å²) in [6.07, 6.45) is 3.47. The topological polar surface area (TPSA) is 35.0 Å². The molecular formula is C18H14N2O. The molecule has 0 saturated heterocycles. The first-order valence-corrected chi connectivity index (χ1v) is 6.81. The molecule has 0 unspecified atom stereocenters. The molecule has 0 N–H and O–H groups in total. The third-order valence-electron chi connectivity index (χ3n) is 2.99. The molecule has 3 rings (SSSR count). The highest BCUT2D eigenvalue weighted by Crippen LogP contribution is 2.24. The zero-order valence-corrected chi connectivity index (χ0v) is 11.7. The van der Waals surface area contributed by atoms with Crippen LogP contribution < -0.4 is 4.74 Å². The Hall–Kier alpha value is -2.86. The minimum atomic E-state index is 0.641.